The monoisotopic (exact) mass is 180 g/mol. The molecular formula is C9H16N4. The summed E-state index contributed by atoms with van der Waals surface area (Å²) in [6.07, 6.45) is 4.94. The maximum absolute atomic E-state index is 4.04. The highest BCUT2D eigenvalue weighted by Crippen LogP contribution is 2.41. The van der Waals surface area contributed by atoms with Gasteiger partial charge in [-0.05, 0) is 31.1 Å². The van der Waals surface area contributed by atoms with Crippen LogP contribution in [0.15, 0.2) is 0 Å². The van der Waals surface area contributed by atoms with Crippen LogP contribution in [-0.4, -0.2) is 20.6 Å². The molecule has 4 nitrogen and oxygen atoms in total. The number of hydrogen-bond acceptors (Lipinski definition) is 3. The first-order valence-corrected chi connectivity index (χ1v) is 4.91. The Hall–Kier alpha value is -0.930. The van der Waals surface area contributed by atoms with Crippen LogP contribution in [0.2, 0.25) is 0 Å². The van der Waals surface area contributed by atoms with Gasteiger partial charge in [0.05, 0.1) is 0 Å². The fourth-order valence-corrected chi connectivity index (χ4v) is 2.00. The fraction of sp³-hybridized carbons (Fsp3) is 0.889. The molecule has 1 fully saturated rings. The predicted molar refractivity (Wildman–Crippen MR) is 49.2 cm³/mol. The van der Waals surface area contributed by atoms with Gasteiger partial charge in [-0.25, -0.2) is 0 Å². The topological polar surface area (TPSA) is 54.5 Å². The minimum absolute atomic E-state index is 0.514. The highest BCUT2D eigenvalue weighted by Gasteiger charge is 2.29. The Morgan fingerprint density at radius 3 is 2.54 bits per heavy atom. The van der Waals surface area contributed by atoms with Gasteiger partial charge in [0, 0.05) is 5.92 Å². The van der Waals surface area contributed by atoms with Crippen LogP contribution >= 0.6 is 0 Å². The van der Waals surface area contributed by atoms with Gasteiger partial charge in [-0.1, -0.05) is 19.1 Å². The molecule has 0 aromatic carbocycles. The third-order valence-electron chi connectivity index (χ3n) is 3.07. The SMILES string of the molecule is CC1(C)CCC(c2nn[nH]n2)CC1. The van der Waals surface area contributed by atoms with Crippen LogP contribution in [0.25, 0.3) is 0 Å². The summed E-state index contributed by atoms with van der Waals surface area (Å²) in [5, 5.41) is 14.2. The van der Waals surface area contributed by atoms with Gasteiger partial charge in [0.15, 0.2) is 5.82 Å². The normalized spacial score (nSPS) is 23.2. The number of tetrazole rings is 1. The number of aromatic nitrogens is 4. The van der Waals surface area contributed by atoms with Crippen LogP contribution in [0, 0.1) is 5.41 Å². The van der Waals surface area contributed by atoms with Crippen molar-refractivity contribution in [2.24, 2.45) is 5.41 Å². The second-order valence-electron chi connectivity index (χ2n) is 4.71. The molecule has 1 saturated carbocycles. The Balaban J connectivity index is 1.99. The van der Waals surface area contributed by atoms with Gasteiger partial charge >= 0.3 is 0 Å². The first-order valence-electron chi connectivity index (χ1n) is 4.91. The van der Waals surface area contributed by atoms with Crippen molar-refractivity contribution in [3.8, 4) is 0 Å². The first kappa shape index (κ1) is 8.66. The van der Waals surface area contributed by atoms with Crippen LogP contribution in [0.3, 0.4) is 0 Å². The standard InChI is InChI=1S/C9H16N4/c1-9(2)5-3-7(4-6-9)8-10-12-13-11-8/h7H,3-6H2,1-2H3,(H,10,11,12,13). The number of nitrogens with zero attached hydrogens (tertiary/aromatic N) is 3. The van der Waals surface area contributed by atoms with Gasteiger partial charge < -0.3 is 0 Å². The van der Waals surface area contributed by atoms with E-state index in [9.17, 15) is 0 Å². The molecule has 13 heavy (non-hydrogen) atoms. The smallest absolute Gasteiger partial charge is 0.177 e. The van der Waals surface area contributed by atoms with Crippen LogP contribution in [-0.2, 0) is 0 Å². The minimum atomic E-state index is 0.514. The summed E-state index contributed by atoms with van der Waals surface area (Å²) >= 11 is 0. The number of nitrogens with one attached hydrogen (secondary N) is 1. The van der Waals surface area contributed by atoms with Gasteiger partial charge in [-0.2, -0.15) is 5.21 Å². The lowest BCUT2D eigenvalue weighted by Crippen LogP contribution is -2.20. The summed E-state index contributed by atoms with van der Waals surface area (Å²) in [5.41, 5.74) is 0.514. The van der Waals surface area contributed by atoms with E-state index in [1.165, 1.54) is 25.7 Å². The van der Waals surface area contributed by atoms with Crippen LogP contribution in [0.5, 0.6) is 0 Å². The molecule has 0 unspecified atom stereocenters. The Morgan fingerprint density at radius 1 is 1.31 bits per heavy atom. The lowest BCUT2D eigenvalue weighted by molar-refractivity contribution is 0.221. The highest BCUT2D eigenvalue weighted by atomic mass is 15.5. The molecule has 0 saturated heterocycles. The van der Waals surface area contributed by atoms with Gasteiger partial charge in [0.25, 0.3) is 0 Å². The molecular weight excluding hydrogens is 164 g/mol. The summed E-state index contributed by atoms with van der Waals surface area (Å²) in [6.45, 7) is 4.67. The molecule has 2 rings (SSSR count). The molecule has 0 bridgehead atoms. The average molecular weight is 180 g/mol. The maximum Gasteiger partial charge on any atom is 0.177 e. The van der Waals surface area contributed by atoms with E-state index < -0.39 is 0 Å². The van der Waals surface area contributed by atoms with Crippen molar-refractivity contribution in [3.05, 3.63) is 5.82 Å². The van der Waals surface area contributed by atoms with Gasteiger partial charge in [0.1, 0.15) is 0 Å². The second kappa shape index (κ2) is 3.09. The second-order valence-corrected chi connectivity index (χ2v) is 4.71. The molecule has 0 radical (unpaired) electrons. The van der Waals surface area contributed by atoms with Crippen molar-refractivity contribution in [2.75, 3.05) is 0 Å². The summed E-state index contributed by atoms with van der Waals surface area (Å²) in [7, 11) is 0. The van der Waals surface area contributed by atoms with Gasteiger partial charge in [0.2, 0.25) is 0 Å². The van der Waals surface area contributed by atoms with E-state index >= 15 is 0 Å². The fourth-order valence-electron chi connectivity index (χ4n) is 2.00. The molecule has 72 valence electrons. The lowest BCUT2D eigenvalue weighted by atomic mass is 9.73. The summed E-state index contributed by atoms with van der Waals surface area (Å²) in [5.74, 6) is 1.43. The predicted octanol–water partition coefficient (Wildman–Crippen LogP) is 1.88. The molecule has 0 atom stereocenters. The summed E-state index contributed by atoms with van der Waals surface area (Å²) in [6, 6.07) is 0. The highest BCUT2D eigenvalue weighted by molar-refractivity contribution is 4.95. The third kappa shape index (κ3) is 1.87. The van der Waals surface area contributed by atoms with Gasteiger partial charge in [-0.3, -0.25) is 0 Å². The van der Waals surface area contributed by atoms with E-state index in [1.54, 1.807) is 0 Å². The van der Waals surface area contributed by atoms with E-state index in [4.69, 9.17) is 0 Å². The van der Waals surface area contributed by atoms with Crippen molar-refractivity contribution in [2.45, 2.75) is 45.4 Å². The van der Waals surface area contributed by atoms with Crippen molar-refractivity contribution >= 4 is 0 Å². The molecule has 1 N–H and O–H groups in total. The molecule has 0 aliphatic heterocycles. The quantitative estimate of drug-likeness (QED) is 0.718. The lowest BCUT2D eigenvalue weighted by Gasteiger charge is -2.32. The molecule has 1 heterocycles. The van der Waals surface area contributed by atoms with Crippen molar-refractivity contribution in [3.63, 3.8) is 0 Å². The number of hydrogen-bond donors (Lipinski definition) is 1. The van der Waals surface area contributed by atoms with Crippen LogP contribution < -0.4 is 0 Å². The molecule has 1 aromatic heterocycles. The maximum atomic E-state index is 4.04. The molecule has 0 amide bonds. The zero-order valence-electron chi connectivity index (χ0n) is 8.25. The average Bonchev–Trinajstić information content (AvgIpc) is 2.56. The Bertz CT molecular complexity index is 255. The number of H-pyrrole nitrogens is 1. The van der Waals surface area contributed by atoms with Crippen molar-refractivity contribution in [1.82, 2.24) is 20.6 Å². The minimum Gasteiger partial charge on any atom is -0.177 e. The van der Waals surface area contributed by atoms with Crippen molar-refractivity contribution in [1.29, 1.82) is 0 Å². The summed E-state index contributed by atoms with van der Waals surface area (Å²) in [4.78, 5) is 0. The molecule has 4 heteroatoms. The molecule has 0 spiro atoms. The Kier molecular flexibility index (Phi) is 2.06. The van der Waals surface area contributed by atoms with E-state index in [-0.39, 0.29) is 0 Å². The zero-order valence-corrected chi connectivity index (χ0v) is 8.25. The van der Waals surface area contributed by atoms with Crippen LogP contribution in [0.4, 0.5) is 0 Å². The van der Waals surface area contributed by atoms with Gasteiger partial charge in [-0.15, -0.1) is 10.2 Å². The van der Waals surface area contributed by atoms with E-state index in [1.807, 2.05) is 0 Å². The third-order valence-corrected chi connectivity index (χ3v) is 3.07. The Labute approximate surface area is 78.1 Å². The van der Waals surface area contributed by atoms with E-state index in [0.29, 0.717) is 11.3 Å². The van der Waals surface area contributed by atoms with Crippen LogP contribution in [0.1, 0.15) is 51.3 Å². The van der Waals surface area contributed by atoms with Crippen molar-refractivity contribution < 1.29 is 0 Å². The van der Waals surface area contributed by atoms with E-state index in [0.717, 1.165) is 5.82 Å². The number of rotatable bonds is 1. The first-order chi connectivity index (χ1) is 6.17. The zero-order chi connectivity index (χ0) is 9.31. The molecule has 1 aliphatic carbocycles. The largest absolute Gasteiger partial charge is 0.177 e. The summed E-state index contributed by atoms with van der Waals surface area (Å²) < 4.78 is 0. The number of aromatic amines is 1. The molecule has 1 aromatic rings. The Morgan fingerprint density at radius 2 is 2.00 bits per heavy atom. The van der Waals surface area contributed by atoms with E-state index in [2.05, 4.69) is 34.5 Å². The molecule has 1 aliphatic rings.